The summed E-state index contributed by atoms with van der Waals surface area (Å²) in [5, 5.41) is 8.34. The first kappa shape index (κ1) is 7.60. The average Bonchev–Trinajstić information content (AvgIpc) is 2.05. The largest absolute Gasteiger partial charge is 0.398 e. The summed E-state index contributed by atoms with van der Waals surface area (Å²) in [5.74, 6) is 0. The van der Waals surface area contributed by atoms with Crippen molar-refractivity contribution in [2.45, 2.75) is 0 Å². The average molecular weight is 150 g/mol. The maximum atomic E-state index is 5.62. The molecule has 0 saturated heterocycles. The zero-order valence-electron chi connectivity index (χ0n) is 6.46. The molecule has 1 aromatic rings. The fourth-order valence-corrected chi connectivity index (χ4v) is 0.875. The van der Waals surface area contributed by atoms with E-state index in [9.17, 15) is 0 Å². The van der Waals surface area contributed by atoms with Gasteiger partial charge in [-0.2, -0.15) is 0 Å². The Morgan fingerprint density at radius 3 is 2.82 bits per heavy atom. The van der Waals surface area contributed by atoms with Crippen molar-refractivity contribution in [3.05, 3.63) is 23.8 Å². The van der Waals surface area contributed by atoms with E-state index in [4.69, 9.17) is 11.1 Å². The molecule has 3 heteroatoms. The van der Waals surface area contributed by atoms with E-state index in [-0.39, 0.29) is 0 Å². The van der Waals surface area contributed by atoms with Crippen molar-refractivity contribution >= 4 is 17.6 Å². The minimum Gasteiger partial charge on any atom is -0.398 e. The molecule has 0 atom stereocenters. The van der Waals surface area contributed by atoms with Crippen LogP contribution in [0.25, 0.3) is 0 Å². The van der Waals surface area contributed by atoms with Crippen molar-refractivity contribution in [2.24, 2.45) is 0 Å². The zero-order chi connectivity index (χ0) is 8.27. The Morgan fingerprint density at radius 2 is 2.27 bits per heavy atom. The Bertz CT molecular complexity index is 268. The van der Waals surface area contributed by atoms with E-state index in [1.54, 1.807) is 0 Å². The lowest BCUT2D eigenvalue weighted by atomic mass is 10.2. The lowest BCUT2D eigenvalue weighted by molar-refractivity contribution is -0.104. The Morgan fingerprint density at radius 1 is 1.55 bits per heavy atom. The number of hydrogen-bond acceptors (Lipinski definition) is 2. The Kier molecular flexibility index (Phi) is 2.11. The van der Waals surface area contributed by atoms with Crippen LogP contribution in [0.15, 0.2) is 18.2 Å². The highest BCUT2D eigenvalue weighted by atomic mass is 14.8. The van der Waals surface area contributed by atoms with Crippen molar-refractivity contribution in [3.8, 4) is 0 Å². The van der Waals surface area contributed by atoms with Crippen LogP contribution in [0.5, 0.6) is 0 Å². The van der Waals surface area contributed by atoms with Crippen LogP contribution in [0.4, 0.5) is 11.4 Å². The number of nitrogens with one attached hydrogen (secondary N) is 1. The Labute approximate surface area is 65.7 Å². The van der Waals surface area contributed by atoms with E-state index in [0.717, 1.165) is 11.3 Å². The molecule has 0 aliphatic carbocycles. The smallest absolute Gasteiger partial charge is 0.169 e. The molecule has 3 nitrogen and oxygen atoms in total. The first-order valence-electron chi connectivity index (χ1n) is 3.40. The van der Waals surface area contributed by atoms with Gasteiger partial charge in [0.05, 0.1) is 5.56 Å². The van der Waals surface area contributed by atoms with Crippen molar-refractivity contribution in [2.75, 3.05) is 18.1 Å². The number of benzene rings is 1. The van der Waals surface area contributed by atoms with Crippen LogP contribution < -0.4 is 16.5 Å². The van der Waals surface area contributed by atoms with Crippen LogP contribution in [0.2, 0.25) is 0 Å². The molecule has 0 saturated carbocycles. The van der Waals surface area contributed by atoms with Crippen molar-refractivity contribution in [1.29, 1.82) is 0 Å². The van der Waals surface area contributed by atoms with Gasteiger partial charge in [-0.15, -0.1) is 0 Å². The first-order valence-corrected chi connectivity index (χ1v) is 3.40. The first-order chi connectivity index (χ1) is 5.27. The van der Waals surface area contributed by atoms with Gasteiger partial charge in [0.15, 0.2) is 6.21 Å². The monoisotopic (exact) mass is 150 g/mol. The zero-order valence-corrected chi connectivity index (χ0v) is 6.46. The quantitative estimate of drug-likeness (QED) is 0.392. The number of nitrogen functional groups attached to an aromatic ring is 1. The second-order valence-corrected chi connectivity index (χ2v) is 2.26. The van der Waals surface area contributed by atoms with E-state index in [1.165, 1.54) is 6.21 Å². The maximum absolute atomic E-state index is 5.62. The summed E-state index contributed by atoms with van der Waals surface area (Å²) in [5.41, 5.74) is 8.18. The molecule has 0 heterocycles. The van der Waals surface area contributed by atoms with Gasteiger partial charge in [-0.25, -0.2) is 0 Å². The minimum absolute atomic E-state index is 0.700. The highest BCUT2D eigenvalue weighted by molar-refractivity contribution is 5.84. The topological polar surface area (TPSA) is 63.6 Å². The summed E-state index contributed by atoms with van der Waals surface area (Å²) in [6, 6.07) is 5.63. The van der Waals surface area contributed by atoms with Gasteiger partial charge in [-0.3, -0.25) is 5.41 Å². The highest BCUT2D eigenvalue weighted by Gasteiger charge is 1.97. The van der Waals surface area contributed by atoms with Gasteiger partial charge in [0.25, 0.3) is 0 Å². The summed E-state index contributed by atoms with van der Waals surface area (Å²) < 4.78 is 0. The molecule has 0 fully saturated rings. The third-order valence-electron chi connectivity index (χ3n) is 1.56. The van der Waals surface area contributed by atoms with Crippen molar-refractivity contribution < 1.29 is 5.41 Å². The second kappa shape index (κ2) is 3.05. The third-order valence-corrected chi connectivity index (χ3v) is 1.56. The molecule has 0 radical (unpaired) electrons. The van der Waals surface area contributed by atoms with Crippen LogP contribution in [-0.4, -0.2) is 13.3 Å². The molecule has 11 heavy (non-hydrogen) atoms. The number of anilines is 2. The molecule has 0 spiro atoms. The fraction of sp³-hybridized carbons (Fsp3) is 0.125. The number of rotatable bonds is 2. The van der Waals surface area contributed by atoms with Crippen LogP contribution in [0.3, 0.4) is 0 Å². The molecule has 1 rings (SSSR count). The van der Waals surface area contributed by atoms with Crippen molar-refractivity contribution in [1.82, 2.24) is 0 Å². The summed E-state index contributed by atoms with van der Waals surface area (Å²) in [7, 11) is 1.85. The molecule has 0 aliphatic heterocycles. The SMILES string of the molecule is CNc1ccc(N)c(C=[NH2+])c1. The van der Waals surface area contributed by atoms with Gasteiger partial charge in [-0.05, 0) is 18.2 Å². The molecule has 0 unspecified atom stereocenters. The van der Waals surface area contributed by atoms with E-state index < -0.39 is 0 Å². The van der Waals surface area contributed by atoms with E-state index >= 15 is 0 Å². The van der Waals surface area contributed by atoms with Gasteiger partial charge in [0.2, 0.25) is 0 Å². The molecular weight excluding hydrogens is 138 g/mol. The molecular formula is C8H12N3+. The van der Waals surface area contributed by atoms with Crippen LogP contribution >= 0.6 is 0 Å². The fourth-order valence-electron chi connectivity index (χ4n) is 0.875. The molecule has 1 aromatic carbocycles. The van der Waals surface area contributed by atoms with Crippen LogP contribution in [-0.2, 0) is 0 Å². The number of nitrogens with two attached hydrogens (primary N) is 2. The van der Waals surface area contributed by atoms with E-state index in [2.05, 4.69) is 5.32 Å². The number of hydrogen-bond donors (Lipinski definition) is 3. The van der Waals surface area contributed by atoms with E-state index in [0.29, 0.717) is 5.69 Å². The summed E-state index contributed by atoms with van der Waals surface area (Å²) in [6.07, 6.45) is 1.50. The third kappa shape index (κ3) is 1.49. The molecule has 58 valence electrons. The molecule has 0 bridgehead atoms. The Balaban J connectivity index is 3.12. The minimum atomic E-state index is 0.700. The van der Waals surface area contributed by atoms with Crippen molar-refractivity contribution in [3.63, 3.8) is 0 Å². The van der Waals surface area contributed by atoms with Gasteiger partial charge in [0, 0.05) is 18.4 Å². The highest BCUT2D eigenvalue weighted by Crippen LogP contribution is 2.14. The van der Waals surface area contributed by atoms with Gasteiger partial charge in [0.1, 0.15) is 0 Å². The lowest BCUT2D eigenvalue weighted by Crippen LogP contribution is -2.30. The van der Waals surface area contributed by atoms with Gasteiger partial charge >= 0.3 is 0 Å². The summed E-state index contributed by atoms with van der Waals surface area (Å²) in [4.78, 5) is 0. The predicted molar refractivity (Wildman–Crippen MR) is 47.5 cm³/mol. The molecule has 0 amide bonds. The Hall–Kier alpha value is -1.51. The van der Waals surface area contributed by atoms with E-state index in [1.807, 2.05) is 25.2 Å². The lowest BCUT2D eigenvalue weighted by Gasteiger charge is -2.01. The van der Waals surface area contributed by atoms with Gasteiger partial charge < -0.3 is 11.1 Å². The summed E-state index contributed by atoms with van der Waals surface area (Å²) >= 11 is 0. The second-order valence-electron chi connectivity index (χ2n) is 2.26. The standard InChI is InChI=1S/C8H11N3/c1-11-7-2-3-8(10)6(4-7)5-9/h2-5,9,11H,10H2,1H3/p+1. The molecule has 5 N–H and O–H groups in total. The van der Waals surface area contributed by atoms with Crippen LogP contribution in [0.1, 0.15) is 5.56 Å². The van der Waals surface area contributed by atoms with Crippen LogP contribution in [0, 0.1) is 0 Å². The summed E-state index contributed by atoms with van der Waals surface area (Å²) in [6.45, 7) is 0. The van der Waals surface area contributed by atoms with Gasteiger partial charge in [-0.1, -0.05) is 0 Å². The maximum Gasteiger partial charge on any atom is 0.169 e. The molecule has 0 aromatic heterocycles. The predicted octanol–water partition coefficient (Wildman–Crippen LogP) is -0.511. The normalized spacial score (nSPS) is 9.18. The molecule has 0 aliphatic rings.